The van der Waals surface area contributed by atoms with E-state index < -0.39 is 10.0 Å². The van der Waals surface area contributed by atoms with E-state index in [1.165, 1.54) is 17.1 Å². The molecule has 0 aliphatic rings. The number of sulfonamides is 1. The van der Waals surface area contributed by atoms with Gasteiger partial charge in [0.05, 0.1) is 24.1 Å². The number of anilines is 1. The third-order valence-electron chi connectivity index (χ3n) is 3.38. The second-order valence-corrected chi connectivity index (χ2v) is 7.50. The van der Waals surface area contributed by atoms with Crippen molar-refractivity contribution in [2.45, 2.75) is 18.4 Å². The molecule has 1 aromatic carbocycles. The number of rotatable bonds is 5. The number of hydrogen-bond donors (Lipinski definition) is 1. The highest BCUT2D eigenvalue weighted by Gasteiger charge is 2.20. The van der Waals surface area contributed by atoms with E-state index in [0.29, 0.717) is 22.9 Å². The van der Waals surface area contributed by atoms with E-state index in [-0.39, 0.29) is 4.90 Å². The summed E-state index contributed by atoms with van der Waals surface area (Å²) < 4.78 is 30.5. The van der Waals surface area contributed by atoms with E-state index in [9.17, 15) is 8.42 Å². The van der Waals surface area contributed by atoms with Gasteiger partial charge in [0.1, 0.15) is 4.90 Å². The number of benzene rings is 1. The fraction of sp³-hybridized carbons (Fsp3) is 0.200. The molecule has 0 amide bonds. The van der Waals surface area contributed by atoms with Gasteiger partial charge in [-0.2, -0.15) is 10.2 Å². The highest BCUT2D eigenvalue weighted by molar-refractivity contribution is 7.92. The third kappa shape index (κ3) is 3.60. The van der Waals surface area contributed by atoms with Crippen LogP contribution in [0.1, 0.15) is 11.3 Å². The van der Waals surface area contributed by atoms with Gasteiger partial charge < -0.3 is 0 Å². The standard InChI is InChI=1S/C15H16ClN5O2S/c1-11-15(10-20(2)18-11)24(22,23)19-14-7-17-21(9-14)8-12-4-3-5-13(16)6-12/h3-7,9-10,19H,8H2,1-2H3. The van der Waals surface area contributed by atoms with Gasteiger partial charge in [-0.3, -0.25) is 14.1 Å². The zero-order valence-electron chi connectivity index (χ0n) is 13.1. The first kappa shape index (κ1) is 16.5. The van der Waals surface area contributed by atoms with Gasteiger partial charge in [0.15, 0.2) is 0 Å². The van der Waals surface area contributed by atoms with Crippen LogP contribution in [0, 0.1) is 6.92 Å². The Hall–Kier alpha value is -2.32. The number of nitrogens with one attached hydrogen (secondary N) is 1. The molecule has 0 atom stereocenters. The fourth-order valence-electron chi connectivity index (χ4n) is 2.38. The number of halogens is 1. The number of nitrogens with zero attached hydrogens (tertiary/aromatic N) is 4. The van der Waals surface area contributed by atoms with Crippen LogP contribution in [0.4, 0.5) is 5.69 Å². The van der Waals surface area contributed by atoms with E-state index in [4.69, 9.17) is 11.6 Å². The molecule has 7 nitrogen and oxygen atoms in total. The van der Waals surface area contributed by atoms with Gasteiger partial charge in [0.25, 0.3) is 10.0 Å². The first-order valence-corrected chi connectivity index (χ1v) is 8.99. The van der Waals surface area contributed by atoms with Gasteiger partial charge in [-0.05, 0) is 24.6 Å². The molecule has 24 heavy (non-hydrogen) atoms. The van der Waals surface area contributed by atoms with Crippen molar-refractivity contribution >= 4 is 27.3 Å². The van der Waals surface area contributed by atoms with Crippen molar-refractivity contribution in [1.29, 1.82) is 0 Å². The minimum Gasteiger partial charge on any atom is -0.276 e. The quantitative estimate of drug-likeness (QED) is 0.752. The van der Waals surface area contributed by atoms with Crippen LogP contribution in [0.25, 0.3) is 0 Å². The Morgan fingerprint density at radius 1 is 1.29 bits per heavy atom. The Labute approximate surface area is 144 Å². The van der Waals surface area contributed by atoms with Crippen LogP contribution in [0.2, 0.25) is 5.02 Å². The second-order valence-electron chi connectivity index (χ2n) is 5.41. The van der Waals surface area contributed by atoms with Crippen LogP contribution in [-0.2, 0) is 23.6 Å². The summed E-state index contributed by atoms with van der Waals surface area (Å²) >= 11 is 5.96. The molecule has 0 radical (unpaired) electrons. The van der Waals surface area contributed by atoms with Gasteiger partial charge in [-0.15, -0.1) is 0 Å². The predicted octanol–water partition coefficient (Wildman–Crippen LogP) is 2.43. The molecule has 0 spiro atoms. The normalized spacial score (nSPS) is 11.6. The first-order chi connectivity index (χ1) is 11.3. The second kappa shape index (κ2) is 6.29. The molecule has 0 fully saturated rings. The molecule has 0 saturated heterocycles. The average Bonchev–Trinajstić information content (AvgIpc) is 3.05. The molecule has 0 aliphatic carbocycles. The van der Waals surface area contributed by atoms with Crippen molar-refractivity contribution in [3.8, 4) is 0 Å². The van der Waals surface area contributed by atoms with Crippen molar-refractivity contribution in [3.63, 3.8) is 0 Å². The molecule has 126 valence electrons. The molecule has 0 unspecified atom stereocenters. The number of aromatic nitrogens is 4. The summed E-state index contributed by atoms with van der Waals surface area (Å²) in [6.07, 6.45) is 4.56. The van der Waals surface area contributed by atoms with Crippen LogP contribution >= 0.6 is 11.6 Å². The fourth-order valence-corrected chi connectivity index (χ4v) is 3.84. The van der Waals surface area contributed by atoms with E-state index >= 15 is 0 Å². The van der Waals surface area contributed by atoms with Crippen LogP contribution < -0.4 is 4.72 Å². The average molecular weight is 366 g/mol. The molecule has 1 N–H and O–H groups in total. The zero-order valence-corrected chi connectivity index (χ0v) is 14.7. The molecule has 3 aromatic rings. The van der Waals surface area contributed by atoms with Gasteiger partial charge in [0.2, 0.25) is 0 Å². The van der Waals surface area contributed by atoms with Crippen molar-refractivity contribution in [3.05, 3.63) is 59.1 Å². The number of aryl methyl sites for hydroxylation is 2. The highest BCUT2D eigenvalue weighted by Crippen LogP contribution is 2.18. The third-order valence-corrected chi connectivity index (χ3v) is 5.10. The van der Waals surface area contributed by atoms with Gasteiger partial charge in [0, 0.05) is 24.5 Å². The Bertz CT molecular complexity index is 977. The van der Waals surface area contributed by atoms with E-state index in [1.54, 1.807) is 30.9 Å². The van der Waals surface area contributed by atoms with E-state index in [2.05, 4.69) is 14.9 Å². The lowest BCUT2D eigenvalue weighted by Crippen LogP contribution is -2.13. The maximum Gasteiger partial charge on any atom is 0.265 e. The van der Waals surface area contributed by atoms with Crippen LogP contribution in [-0.4, -0.2) is 28.0 Å². The lowest BCUT2D eigenvalue weighted by Gasteiger charge is -2.04. The summed E-state index contributed by atoms with van der Waals surface area (Å²) in [6.45, 7) is 2.14. The van der Waals surface area contributed by atoms with Gasteiger partial charge in [-0.25, -0.2) is 8.42 Å². The summed E-state index contributed by atoms with van der Waals surface area (Å²) in [5.74, 6) is 0. The topological polar surface area (TPSA) is 81.8 Å². The SMILES string of the molecule is Cc1nn(C)cc1S(=O)(=O)Nc1cnn(Cc2cccc(Cl)c2)c1. The predicted molar refractivity (Wildman–Crippen MR) is 91.5 cm³/mol. The van der Waals surface area contributed by atoms with Crippen molar-refractivity contribution in [1.82, 2.24) is 19.6 Å². The highest BCUT2D eigenvalue weighted by atomic mass is 35.5. The molecule has 0 aliphatic heterocycles. The molecule has 2 aromatic heterocycles. The van der Waals surface area contributed by atoms with E-state index in [1.807, 2.05) is 18.2 Å². The first-order valence-electron chi connectivity index (χ1n) is 7.13. The largest absolute Gasteiger partial charge is 0.276 e. The summed E-state index contributed by atoms with van der Waals surface area (Å²) in [5, 5.41) is 8.87. The Morgan fingerprint density at radius 3 is 2.75 bits per heavy atom. The van der Waals surface area contributed by atoms with Crippen molar-refractivity contribution in [2.75, 3.05) is 4.72 Å². The minimum atomic E-state index is -3.70. The molecule has 2 heterocycles. The molecular weight excluding hydrogens is 350 g/mol. The maximum absolute atomic E-state index is 12.4. The van der Waals surface area contributed by atoms with Crippen LogP contribution in [0.5, 0.6) is 0 Å². The van der Waals surface area contributed by atoms with Crippen LogP contribution in [0.15, 0.2) is 47.8 Å². The van der Waals surface area contributed by atoms with E-state index in [0.717, 1.165) is 5.56 Å². The summed E-state index contributed by atoms with van der Waals surface area (Å²) in [7, 11) is -2.02. The van der Waals surface area contributed by atoms with Crippen LogP contribution in [0.3, 0.4) is 0 Å². The van der Waals surface area contributed by atoms with Gasteiger partial charge >= 0.3 is 0 Å². The molecule has 0 saturated carbocycles. The maximum atomic E-state index is 12.4. The Morgan fingerprint density at radius 2 is 2.08 bits per heavy atom. The molecule has 3 rings (SSSR count). The Kier molecular flexibility index (Phi) is 4.33. The molecular formula is C15H16ClN5O2S. The lowest BCUT2D eigenvalue weighted by molar-refractivity contribution is 0.600. The lowest BCUT2D eigenvalue weighted by atomic mass is 10.2. The smallest absolute Gasteiger partial charge is 0.265 e. The molecule has 9 heteroatoms. The molecule has 0 bridgehead atoms. The zero-order chi connectivity index (χ0) is 17.3. The Balaban J connectivity index is 1.77. The number of hydrogen-bond acceptors (Lipinski definition) is 4. The minimum absolute atomic E-state index is 0.146. The monoisotopic (exact) mass is 365 g/mol. The summed E-state index contributed by atoms with van der Waals surface area (Å²) in [4.78, 5) is 0.146. The summed E-state index contributed by atoms with van der Waals surface area (Å²) in [6, 6.07) is 7.42. The summed E-state index contributed by atoms with van der Waals surface area (Å²) in [5.41, 5.74) is 1.81. The van der Waals surface area contributed by atoms with Crippen molar-refractivity contribution in [2.24, 2.45) is 7.05 Å². The van der Waals surface area contributed by atoms with Gasteiger partial charge in [-0.1, -0.05) is 23.7 Å². The van der Waals surface area contributed by atoms with Crippen molar-refractivity contribution < 1.29 is 8.42 Å².